The third-order valence-electron chi connectivity index (χ3n) is 6.35. The molecule has 6 N–H and O–H groups in total. The molecule has 1 amide bonds. The van der Waals surface area contributed by atoms with Crippen molar-refractivity contribution in [2.45, 2.75) is 90.8 Å². The lowest BCUT2D eigenvalue weighted by atomic mass is 9.88. The number of carbonyl (C=O) groups is 4. The van der Waals surface area contributed by atoms with Crippen molar-refractivity contribution in [1.29, 1.82) is 5.41 Å². The van der Waals surface area contributed by atoms with Gasteiger partial charge in [0.25, 0.3) is 0 Å². The molecule has 2 aromatic rings. The standard InChI is InChI=1S/C31H40N4O7/c1-30(2,3)41-25(36)16-22(28(39)42-31(4,5)6)21-15-20-17(14-23(21)35-29(33)34)10-7-8-11-18-19(26(32)37)12-9-13-24(18)40-27(20)38/h9,12-15,22H,7-8,10-11,16H2,1-6H3,(H2,32,37)(H4,33,34,35)/t22-/m0/s1. The molecule has 1 aliphatic heterocycles. The zero-order chi connectivity index (χ0) is 31.4. The Kier molecular flexibility index (Phi) is 9.65. The van der Waals surface area contributed by atoms with Gasteiger partial charge in [-0.2, -0.15) is 0 Å². The van der Waals surface area contributed by atoms with Gasteiger partial charge in [-0.1, -0.05) is 6.07 Å². The highest BCUT2D eigenvalue weighted by Gasteiger charge is 2.34. The topological polar surface area (TPSA) is 184 Å². The van der Waals surface area contributed by atoms with E-state index in [4.69, 9.17) is 31.1 Å². The highest BCUT2D eigenvalue weighted by molar-refractivity contribution is 5.99. The summed E-state index contributed by atoms with van der Waals surface area (Å²) in [7, 11) is 0. The molecule has 226 valence electrons. The van der Waals surface area contributed by atoms with E-state index in [-0.39, 0.29) is 28.1 Å². The number of fused-ring (bicyclic) bond motifs is 2. The van der Waals surface area contributed by atoms with Crippen LogP contribution >= 0.6 is 0 Å². The molecule has 2 aromatic carbocycles. The van der Waals surface area contributed by atoms with Crippen molar-refractivity contribution in [3.63, 3.8) is 0 Å². The lowest BCUT2D eigenvalue weighted by molar-refractivity contribution is -0.164. The Hall–Kier alpha value is -4.41. The van der Waals surface area contributed by atoms with Crippen molar-refractivity contribution in [2.75, 3.05) is 5.32 Å². The van der Waals surface area contributed by atoms with Gasteiger partial charge in [0.15, 0.2) is 5.96 Å². The Labute approximate surface area is 245 Å². The number of aryl methyl sites for hydroxylation is 1. The lowest BCUT2D eigenvalue weighted by Gasteiger charge is -2.27. The second-order valence-corrected chi connectivity index (χ2v) is 12.3. The van der Waals surface area contributed by atoms with Crippen molar-refractivity contribution in [2.24, 2.45) is 11.5 Å². The summed E-state index contributed by atoms with van der Waals surface area (Å²) >= 11 is 0. The van der Waals surface area contributed by atoms with Crippen molar-refractivity contribution in [3.05, 3.63) is 58.1 Å². The highest BCUT2D eigenvalue weighted by Crippen LogP contribution is 2.36. The monoisotopic (exact) mass is 580 g/mol. The van der Waals surface area contributed by atoms with Gasteiger partial charge in [-0.3, -0.25) is 19.8 Å². The Morgan fingerprint density at radius 3 is 2.24 bits per heavy atom. The van der Waals surface area contributed by atoms with Gasteiger partial charge in [0.1, 0.15) is 17.0 Å². The van der Waals surface area contributed by atoms with E-state index >= 15 is 0 Å². The first kappa shape index (κ1) is 32.1. The third kappa shape index (κ3) is 8.55. The number of anilines is 1. The quantitative estimate of drug-likeness (QED) is 0.167. The first-order valence-electron chi connectivity index (χ1n) is 13.8. The van der Waals surface area contributed by atoms with Gasteiger partial charge in [-0.05, 0) is 103 Å². The molecule has 0 radical (unpaired) electrons. The van der Waals surface area contributed by atoms with Crippen LogP contribution in [0.15, 0.2) is 30.3 Å². The number of rotatable bonds is 6. The first-order valence-corrected chi connectivity index (χ1v) is 13.8. The molecule has 0 fully saturated rings. The van der Waals surface area contributed by atoms with E-state index in [1.54, 1.807) is 65.8 Å². The Bertz CT molecular complexity index is 1400. The predicted octanol–water partition coefficient (Wildman–Crippen LogP) is 4.35. The number of nitrogens with two attached hydrogens (primary N) is 2. The van der Waals surface area contributed by atoms with E-state index in [0.29, 0.717) is 36.8 Å². The second-order valence-electron chi connectivity index (χ2n) is 12.3. The Morgan fingerprint density at radius 1 is 1.00 bits per heavy atom. The number of primary amides is 1. The molecule has 3 rings (SSSR count). The summed E-state index contributed by atoms with van der Waals surface area (Å²) in [6.07, 6.45) is 1.86. The molecule has 0 saturated heterocycles. The SMILES string of the molecule is CC(C)(C)OC(=O)C[C@H](C(=O)OC(C)(C)C)c1cc2c(cc1NC(=N)N)CCCCc1c(cccc1C(N)=O)OC2=O. The number of hydrogen-bond donors (Lipinski definition) is 4. The zero-order valence-corrected chi connectivity index (χ0v) is 25.0. The number of esters is 3. The summed E-state index contributed by atoms with van der Waals surface area (Å²) in [6, 6.07) is 7.89. The Morgan fingerprint density at radius 2 is 1.64 bits per heavy atom. The fraction of sp³-hybridized carbons (Fsp3) is 0.452. The van der Waals surface area contributed by atoms with E-state index in [9.17, 15) is 19.2 Å². The van der Waals surface area contributed by atoms with Crippen LogP contribution in [0, 0.1) is 5.41 Å². The van der Waals surface area contributed by atoms with Crippen LogP contribution in [0.25, 0.3) is 0 Å². The van der Waals surface area contributed by atoms with Gasteiger partial charge >= 0.3 is 17.9 Å². The molecule has 42 heavy (non-hydrogen) atoms. The number of ether oxygens (including phenoxy) is 3. The fourth-order valence-electron chi connectivity index (χ4n) is 4.76. The minimum atomic E-state index is -1.21. The summed E-state index contributed by atoms with van der Waals surface area (Å²) in [5.41, 5.74) is 11.7. The van der Waals surface area contributed by atoms with Gasteiger partial charge in [-0.15, -0.1) is 0 Å². The number of guanidine groups is 1. The van der Waals surface area contributed by atoms with Crippen LogP contribution < -0.4 is 21.5 Å². The molecule has 11 heteroatoms. The Balaban J connectivity index is 2.19. The molecule has 0 aliphatic carbocycles. The number of hydrogen-bond acceptors (Lipinski definition) is 8. The largest absolute Gasteiger partial charge is 0.460 e. The van der Waals surface area contributed by atoms with E-state index in [1.807, 2.05) is 0 Å². The lowest BCUT2D eigenvalue weighted by Crippen LogP contribution is -2.32. The fourth-order valence-corrected chi connectivity index (χ4v) is 4.76. The van der Waals surface area contributed by atoms with Gasteiger partial charge < -0.3 is 31.0 Å². The van der Waals surface area contributed by atoms with Crippen LogP contribution in [-0.4, -0.2) is 41.0 Å². The molecule has 0 spiro atoms. The van der Waals surface area contributed by atoms with Crippen LogP contribution in [-0.2, 0) is 31.9 Å². The van der Waals surface area contributed by atoms with Crippen LogP contribution in [0.3, 0.4) is 0 Å². The average molecular weight is 581 g/mol. The molecule has 1 aliphatic rings. The van der Waals surface area contributed by atoms with Gasteiger partial charge in [0, 0.05) is 16.8 Å². The summed E-state index contributed by atoms with van der Waals surface area (Å²) in [5.74, 6) is -4.09. The van der Waals surface area contributed by atoms with Crippen molar-refractivity contribution >= 4 is 35.5 Å². The van der Waals surface area contributed by atoms with E-state index < -0.39 is 53.3 Å². The molecule has 1 heterocycles. The van der Waals surface area contributed by atoms with Gasteiger partial charge in [-0.25, -0.2) is 4.79 Å². The van der Waals surface area contributed by atoms with Crippen molar-refractivity contribution < 1.29 is 33.4 Å². The minimum absolute atomic E-state index is 0.161. The smallest absolute Gasteiger partial charge is 0.343 e. The molecular formula is C31H40N4O7. The molecule has 0 unspecified atom stereocenters. The molecular weight excluding hydrogens is 540 g/mol. The molecule has 11 nitrogen and oxygen atoms in total. The van der Waals surface area contributed by atoms with Crippen molar-refractivity contribution in [3.8, 4) is 5.75 Å². The van der Waals surface area contributed by atoms with Gasteiger partial charge in [0.05, 0.1) is 17.9 Å². The number of benzene rings is 2. The van der Waals surface area contributed by atoms with E-state index in [0.717, 1.165) is 0 Å². The summed E-state index contributed by atoms with van der Waals surface area (Å²) < 4.78 is 16.9. The molecule has 0 aromatic heterocycles. The van der Waals surface area contributed by atoms with Gasteiger partial charge in [0.2, 0.25) is 5.91 Å². The number of nitrogens with one attached hydrogen (secondary N) is 2. The second kappa shape index (κ2) is 12.6. The van der Waals surface area contributed by atoms with Crippen LogP contribution in [0.2, 0.25) is 0 Å². The zero-order valence-electron chi connectivity index (χ0n) is 25.0. The summed E-state index contributed by atoms with van der Waals surface area (Å²) in [4.78, 5) is 52.2. The maximum absolute atomic E-state index is 13.7. The van der Waals surface area contributed by atoms with Crippen LogP contribution in [0.1, 0.15) is 104 Å². The van der Waals surface area contributed by atoms with E-state index in [2.05, 4.69) is 5.32 Å². The van der Waals surface area contributed by atoms with Crippen LogP contribution in [0.5, 0.6) is 5.75 Å². The highest BCUT2D eigenvalue weighted by atomic mass is 16.6. The normalized spacial score (nSPS) is 14.4. The number of amides is 1. The predicted molar refractivity (Wildman–Crippen MR) is 158 cm³/mol. The number of carbonyl (C=O) groups excluding carboxylic acids is 4. The maximum atomic E-state index is 13.7. The minimum Gasteiger partial charge on any atom is -0.460 e. The van der Waals surface area contributed by atoms with E-state index in [1.165, 1.54) is 6.07 Å². The average Bonchev–Trinajstić information content (AvgIpc) is 2.83. The maximum Gasteiger partial charge on any atom is 0.343 e. The van der Waals surface area contributed by atoms with Crippen molar-refractivity contribution in [1.82, 2.24) is 0 Å². The summed E-state index contributed by atoms with van der Waals surface area (Å²) in [5, 5.41) is 10.6. The first-order chi connectivity index (χ1) is 19.4. The van der Waals surface area contributed by atoms with Crippen LogP contribution in [0.4, 0.5) is 5.69 Å². The summed E-state index contributed by atoms with van der Waals surface area (Å²) in [6.45, 7) is 10.2. The molecule has 1 atom stereocenters. The molecule has 0 saturated carbocycles. The molecule has 0 bridgehead atoms. The third-order valence-corrected chi connectivity index (χ3v) is 6.35.